The molecule has 0 radical (unpaired) electrons. The SMILES string of the molecule is CN1CCN(C(=O)/C(=C\c2ccc(O)cc2)NC(=O)c2ccccc2)CC1. The number of phenols is 1. The largest absolute Gasteiger partial charge is 0.508 e. The first-order valence-electron chi connectivity index (χ1n) is 8.88. The van der Waals surface area contributed by atoms with Gasteiger partial charge >= 0.3 is 0 Å². The van der Waals surface area contributed by atoms with Crippen molar-refractivity contribution in [3.05, 3.63) is 71.4 Å². The fourth-order valence-electron chi connectivity index (χ4n) is 2.85. The summed E-state index contributed by atoms with van der Waals surface area (Å²) >= 11 is 0. The molecule has 0 atom stereocenters. The molecule has 2 aromatic rings. The lowest BCUT2D eigenvalue weighted by Gasteiger charge is -2.33. The molecule has 0 aromatic heterocycles. The molecule has 1 aliphatic rings. The number of carbonyl (C=O) groups excluding carboxylic acids is 2. The second-order valence-electron chi connectivity index (χ2n) is 6.57. The van der Waals surface area contributed by atoms with Crippen LogP contribution in [0.5, 0.6) is 5.75 Å². The van der Waals surface area contributed by atoms with E-state index < -0.39 is 0 Å². The van der Waals surface area contributed by atoms with Gasteiger partial charge in [-0.15, -0.1) is 0 Å². The van der Waals surface area contributed by atoms with E-state index in [2.05, 4.69) is 10.2 Å². The van der Waals surface area contributed by atoms with Gasteiger partial charge in [0.1, 0.15) is 11.4 Å². The Bertz CT molecular complexity index is 824. The van der Waals surface area contributed by atoms with Crippen molar-refractivity contribution >= 4 is 17.9 Å². The maximum absolute atomic E-state index is 13.0. The highest BCUT2D eigenvalue weighted by molar-refractivity contribution is 6.05. The molecule has 0 spiro atoms. The van der Waals surface area contributed by atoms with Crippen molar-refractivity contribution in [3.8, 4) is 5.75 Å². The van der Waals surface area contributed by atoms with E-state index in [-0.39, 0.29) is 23.3 Å². The van der Waals surface area contributed by atoms with E-state index in [1.807, 2.05) is 13.1 Å². The van der Waals surface area contributed by atoms with Crippen molar-refractivity contribution in [2.24, 2.45) is 0 Å². The second-order valence-corrected chi connectivity index (χ2v) is 6.57. The third kappa shape index (κ3) is 4.95. The predicted octanol–water partition coefficient (Wildman–Crippen LogP) is 1.94. The molecule has 140 valence electrons. The van der Waals surface area contributed by atoms with Gasteiger partial charge in [-0.05, 0) is 43.0 Å². The van der Waals surface area contributed by atoms with Crippen molar-refractivity contribution in [3.63, 3.8) is 0 Å². The molecule has 0 saturated carbocycles. The molecule has 1 heterocycles. The lowest BCUT2D eigenvalue weighted by molar-refractivity contribution is -0.128. The number of rotatable bonds is 4. The van der Waals surface area contributed by atoms with Crippen LogP contribution in [-0.4, -0.2) is 59.9 Å². The summed E-state index contributed by atoms with van der Waals surface area (Å²) in [6, 6.07) is 15.3. The first-order chi connectivity index (χ1) is 13.0. The molecule has 2 N–H and O–H groups in total. The molecular formula is C21H23N3O3. The minimum Gasteiger partial charge on any atom is -0.508 e. The van der Waals surface area contributed by atoms with Crippen LogP contribution in [0, 0.1) is 0 Å². The number of piperazine rings is 1. The number of aromatic hydroxyl groups is 1. The molecule has 2 amide bonds. The summed E-state index contributed by atoms with van der Waals surface area (Å²) in [7, 11) is 2.02. The van der Waals surface area contributed by atoms with Gasteiger partial charge < -0.3 is 20.2 Å². The molecule has 6 heteroatoms. The van der Waals surface area contributed by atoms with Crippen molar-refractivity contribution in [1.82, 2.24) is 15.1 Å². The maximum atomic E-state index is 13.0. The minimum absolute atomic E-state index is 0.146. The Morgan fingerprint density at radius 3 is 2.22 bits per heavy atom. The van der Waals surface area contributed by atoms with Crippen molar-refractivity contribution in [1.29, 1.82) is 0 Å². The average Bonchev–Trinajstić information content (AvgIpc) is 2.70. The Kier molecular flexibility index (Phi) is 5.88. The molecule has 1 aliphatic heterocycles. The molecule has 0 aliphatic carbocycles. The van der Waals surface area contributed by atoms with Gasteiger partial charge in [0.25, 0.3) is 11.8 Å². The van der Waals surface area contributed by atoms with Gasteiger partial charge in [0.05, 0.1) is 0 Å². The number of hydrogen-bond donors (Lipinski definition) is 2. The Morgan fingerprint density at radius 1 is 0.963 bits per heavy atom. The van der Waals surface area contributed by atoms with E-state index in [4.69, 9.17) is 0 Å². The maximum Gasteiger partial charge on any atom is 0.270 e. The topological polar surface area (TPSA) is 72.9 Å². The molecule has 0 unspecified atom stereocenters. The van der Waals surface area contributed by atoms with E-state index in [1.165, 1.54) is 0 Å². The molecule has 27 heavy (non-hydrogen) atoms. The van der Waals surface area contributed by atoms with Crippen LogP contribution in [0.25, 0.3) is 6.08 Å². The van der Waals surface area contributed by atoms with Crippen LogP contribution in [0.15, 0.2) is 60.3 Å². The summed E-state index contributed by atoms with van der Waals surface area (Å²) in [5.41, 5.74) is 1.43. The Labute approximate surface area is 158 Å². The van der Waals surface area contributed by atoms with Crippen LogP contribution in [0.3, 0.4) is 0 Å². The van der Waals surface area contributed by atoms with Crippen molar-refractivity contribution in [2.45, 2.75) is 0 Å². The smallest absolute Gasteiger partial charge is 0.270 e. The van der Waals surface area contributed by atoms with E-state index in [0.717, 1.165) is 18.7 Å². The number of hydrogen-bond acceptors (Lipinski definition) is 4. The molecule has 2 aromatic carbocycles. The summed E-state index contributed by atoms with van der Waals surface area (Å²) in [5.74, 6) is -0.393. The monoisotopic (exact) mass is 365 g/mol. The number of phenolic OH excluding ortho intramolecular Hbond substituents is 1. The van der Waals surface area contributed by atoms with Gasteiger partial charge in [-0.2, -0.15) is 0 Å². The molecule has 3 rings (SSSR count). The van der Waals surface area contributed by atoms with Crippen LogP contribution < -0.4 is 5.32 Å². The highest BCUT2D eigenvalue weighted by atomic mass is 16.3. The third-order valence-electron chi connectivity index (χ3n) is 4.51. The molecule has 1 saturated heterocycles. The van der Waals surface area contributed by atoms with Crippen LogP contribution in [0.1, 0.15) is 15.9 Å². The summed E-state index contributed by atoms with van der Waals surface area (Å²) in [4.78, 5) is 29.5. The Morgan fingerprint density at radius 2 is 1.59 bits per heavy atom. The van der Waals surface area contributed by atoms with Gasteiger partial charge in [-0.25, -0.2) is 0 Å². The quantitative estimate of drug-likeness (QED) is 0.812. The zero-order valence-corrected chi connectivity index (χ0v) is 15.3. The summed E-state index contributed by atoms with van der Waals surface area (Å²) in [6.07, 6.45) is 1.64. The van der Waals surface area contributed by atoms with E-state index in [9.17, 15) is 14.7 Å². The third-order valence-corrected chi connectivity index (χ3v) is 4.51. The van der Waals surface area contributed by atoms with E-state index >= 15 is 0 Å². The zero-order valence-electron chi connectivity index (χ0n) is 15.3. The Balaban J connectivity index is 1.85. The Hall–Kier alpha value is -3.12. The molecular weight excluding hydrogens is 342 g/mol. The van der Waals surface area contributed by atoms with Gasteiger partial charge in [-0.3, -0.25) is 9.59 Å². The van der Waals surface area contributed by atoms with Crippen molar-refractivity contribution in [2.75, 3.05) is 33.2 Å². The lowest BCUT2D eigenvalue weighted by atomic mass is 10.1. The average molecular weight is 365 g/mol. The number of likely N-dealkylation sites (N-methyl/N-ethyl adjacent to an activating group) is 1. The van der Waals surface area contributed by atoms with Crippen LogP contribution >= 0.6 is 0 Å². The van der Waals surface area contributed by atoms with Gasteiger partial charge in [0, 0.05) is 31.7 Å². The number of carbonyl (C=O) groups is 2. The molecule has 0 bridgehead atoms. The van der Waals surface area contributed by atoms with Gasteiger partial charge in [-0.1, -0.05) is 30.3 Å². The zero-order chi connectivity index (χ0) is 19.2. The van der Waals surface area contributed by atoms with Crippen molar-refractivity contribution < 1.29 is 14.7 Å². The molecule has 6 nitrogen and oxygen atoms in total. The summed E-state index contributed by atoms with van der Waals surface area (Å²) < 4.78 is 0. The van der Waals surface area contributed by atoms with Crippen LogP contribution in [0.4, 0.5) is 0 Å². The lowest BCUT2D eigenvalue weighted by Crippen LogP contribution is -2.49. The first-order valence-corrected chi connectivity index (χ1v) is 8.88. The molecule has 1 fully saturated rings. The minimum atomic E-state index is -0.330. The number of benzene rings is 2. The predicted molar refractivity (Wildman–Crippen MR) is 104 cm³/mol. The fraction of sp³-hybridized carbons (Fsp3) is 0.238. The van der Waals surface area contributed by atoms with Gasteiger partial charge in [0.15, 0.2) is 0 Å². The van der Waals surface area contributed by atoms with Gasteiger partial charge in [0.2, 0.25) is 0 Å². The standard InChI is InChI=1S/C21H23N3O3/c1-23-11-13-24(14-12-23)21(27)19(15-16-7-9-18(25)10-8-16)22-20(26)17-5-3-2-4-6-17/h2-10,15,25H,11-14H2,1H3,(H,22,26)/b19-15+. The highest BCUT2D eigenvalue weighted by Crippen LogP contribution is 2.14. The fourth-order valence-corrected chi connectivity index (χ4v) is 2.85. The number of amides is 2. The van der Waals surface area contributed by atoms with Crippen LogP contribution in [-0.2, 0) is 4.79 Å². The summed E-state index contributed by atoms with van der Waals surface area (Å²) in [6.45, 7) is 2.82. The van der Waals surface area contributed by atoms with E-state index in [1.54, 1.807) is 59.5 Å². The first kappa shape index (κ1) is 18.7. The van der Waals surface area contributed by atoms with E-state index in [0.29, 0.717) is 18.7 Å². The normalized spacial score (nSPS) is 15.4. The highest BCUT2D eigenvalue weighted by Gasteiger charge is 2.23. The number of nitrogens with zero attached hydrogens (tertiary/aromatic N) is 2. The summed E-state index contributed by atoms with van der Waals surface area (Å²) in [5, 5.41) is 12.2. The number of nitrogens with one attached hydrogen (secondary N) is 1. The van der Waals surface area contributed by atoms with Crippen LogP contribution in [0.2, 0.25) is 0 Å². The second kappa shape index (κ2) is 8.51.